The third-order valence-corrected chi connectivity index (χ3v) is 2.31. The molecule has 0 atom stereocenters. The molecule has 0 saturated carbocycles. The molecule has 2 heteroatoms. The number of fused-ring (bicyclic) bond motifs is 1. The van der Waals surface area contributed by atoms with Crippen LogP contribution in [0.1, 0.15) is 5.56 Å². The Labute approximate surface area is 93.0 Å². The number of hydrogen-bond acceptors (Lipinski definition) is 1. The highest BCUT2D eigenvalue weighted by Crippen LogP contribution is 2.16. The second-order valence-corrected chi connectivity index (χ2v) is 3.62. The summed E-state index contributed by atoms with van der Waals surface area (Å²) in [6.45, 7) is 0. The summed E-state index contributed by atoms with van der Waals surface area (Å²) in [5.41, 5.74) is 0.975. The normalized spacial score (nSPS) is 11.0. The number of rotatable bonds is 2. The van der Waals surface area contributed by atoms with E-state index >= 15 is 0 Å². The molecule has 0 aliphatic carbocycles. The van der Waals surface area contributed by atoms with Gasteiger partial charge >= 0.3 is 0 Å². The molecule has 0 fully saturated rings. The maximum atomic E-state index is 10.6. The van der Waals surface area contributed by atoms with E-state index in [9.17, 15) is 4.79 Å². The average molecular weight is 217 g/mol. The van der Waals surface area contributed by atoms with Gasteiger partial charge in [0.2, 0.25) is 5.24 Å². The quantitative estimate of drug-likeness (QED) is 0.554. The monoisotopic (exact) mass is 216 g/mol. The van der Waals surface area contributed by atoms with Gasteiger partial charge in [0, 0.05) is 0 Å². The van der Waals surface area contributed by atoms with Crippen molar-refractivity contribution in [3.63, 3.8) is 0 Å². The van der Waals surface area contributed by atoms with E-state index in [1.165, 1.54) is 11.5 Å². The van der Waals surface area contributed by atoms with Crippen LogP contribution in [0.15, 0.2) is 48.5 Å². The second-order valence-electron chi connectivity index (χ2n) is 3.24. The molecule has 0 spiro atoms. The third kappa shape index (κ3) is 2.45. The van der Waals surface area contributed by atoms with Gasteiger partial charge in [-0.1, -0.05) is 42.5 Å². The molecule has 0 unspecified atom stereocenters. The van der Waals surface area contributed by atoms with E-state index < -0.39 is 5.24 Å². The summed E-state index contributed by atoms with van der Waals surface area (Å²) < 4.78 is 0. The minimum absolute atomic E-state index is 0.455. The van der Waals surface area contributed by atoms with Gasteiger partial charge in [-0.3, -0.25) is 4.79 Å². The molecule has 0 bridgehead atoms. The number of carbonyl (C=O) groups excluding carboxylic acids is 1. The van der Waals surface area contributed by atoms with E-state index in [1.807, 2.05) is 36.4 Å². The predicted octanol–water partition coefficient (Wildman–Crippen LogP) is 3.62. The number of hydrogen-bond donors (Lipinski definition) is 0. The van der Waals surface area contributed by atoms with E-state index in [1.54, 1.807) is 6.08 Å². The second kappa shape index (κ2) is 4.28. The summed E-state index contributed by atoms with van der Waals surface area (Å²) in [4.78, 5) is 10.6. The molecule has 0 aliphatic heterocycles. The topological polar surface area (TPSA) is 17.1 Å². The summed E-state index contributed by atoms with van der Waals surface area (Å²) >= 11 is 5.22. The van der Waals surface area contributed by atoms with Gasteiger partial charge in [-0.25, -0.2) is 0 Å². The summed E-state index contributed by atoms with van der Waals surface area (Å²) in [6, 6.07) is 14.1. The molecule has 2 aromatic carbocycles. The summed E-state index contributed by atoms with van der Waals surface area (Å²) in [7, 11) is 0. The van der Waals surface area contributed by atoms with Crippen molar-refractivity contribution in [1.82, 2.24) is 0 Å². The molecule has 74 valence electrons. The molecule has 0 aliphatic rings. The maximum Gasteiger partial charge on any atom is 0.245 e. The lowest BCUT2D eigenvalue weighted by Gasteiger charge is -1.98. The molecule has 1 nitrogen and oxygen atoms in total. The summed E-state index contributed by atoms with van der Waals surface area (Å²) in [6.07, 6.45) is 3.06. The number of allylic oxidation sites excluding steroid dienone is 1. The highest BCUT2D eigenvalue weighted by Gasteiger charge is 1.93. The third-order valence-electron chi connectivity index (χ3n) is 2.18. The van der Waals surface area contributed by atoms with Crippen molar-refractivity contribution in [3.8, 4) is 0 Å². The smallest absolute Gasteiger partial charge is 0.245 e. The minimum atomic E-state index is -0.455. The highest BCUT2D eigenvalue weighted by atomic mass is 35.5. The molecular formula is C13H9ClO. The van der Waals surface area contributed by atoms with Crippen molar-refractivity contribution >= 4 is 33.7 Å². The molecular weight excluding hydrogens is 208 g/mol. The summed E-state index contributed by atoms with van der Waals surface area (Å²) in [5, 5.41) is 1.89. The first kappa shape index (κ1) is 9.94. The van der Waals surface area contributed by atoms with Crippen LogP contribution in [0.25, 0.3) is 16.8 Å². The number of halogens is 1. The molecule has 15 heavy (non-hydrogen) atoms. The molecule has 0 aromatic heterocycles. The Morgan fingerprint density at radius 2 is 1.80 bits per heavy atom. The molecule has 0 saturated heterocycles. The Kier molecular flexibility index (Phi) is 2.84. The van der Waals surface area contributed by atoms with Crippen LogP contribution in [0.3, 0.4) is 0 Å². The van der Waals surface area contributed by atoms with E-state index in [-0.39, 0.29) is 0 Å². The van der Waals surface area contributed by atoms with Gasteiger partial charge < -0.3 is 0 Å². The van der Waals surface area contributed by atoms with Crippen LogP contribution in [0, 0.1) is 0 Å². The van der Waals surface area contributed by atoms with E-state index in [2.05, 4.69) is 6.07 Å². The largest absolute Gasteiger partial charge is 0.276 e. The highest BCUT2D eigenvalue weighted by molar-refractivity contribution is 6.66. The number of benzene rings is 2. The molecule has 2 aromatic rings. The lowest BCUT2D eigenvalue weighted by Crippen LogP contribution is -1.78. The zero-order chi connectivity index (χ0) is 10.7. The van der Waals surface area contributed by atoms with Crippen LogP contribution >= 0.6 is 11.6 Å². The molecule has 0 amide bonds. The van der Waals surface area contributed by atoms with Crippen LogP contribution in [-0.4, -0.2) is 5.24 Å². The first-order valence-electron chi connectivity index (χ1n) is 4.62. The Morgan fingerprint density at radius 3 is 2.53 bits per heavy atom. The Hall–Kier alpha value is -1.60. The van der Waals surface area contributed by atoms with Gasteiger partial charge in [0.25, 0.3) is 0 Å². The van der Waals surface area contributed by atoms with E-state index in [0.717, 1.165) is 10.9 Å². The zero-order valence-electron chi connectivity index (χ0n) is 7.98. The molecule has 0 N–H and O–H groups in total. The van der Waals surface area contributed by atoms with Gasteiger partial charge in [0.1, 0.15) is 0 Å². The zero-order valence-corrected chi connectivity index (χ0v) is 8.74. The fraction of sp³-hybridized carbons (Fsp3) is 0. The van der Waals surface area contributed by atoms with Crippen molar-refractivity contribution < 1.29 is 4.79 Å². The lowest BCUT2D eigenvalue weighted by atomic mass is 10.1. The van der Waals surface area contributed by atoms with Crippen molar-refractivity contribution in [1.29, 1.82) is 0 Å². The molecule has 2 rings (SSSR count). The van der Waals surface area contributed by atoms with Crippen LogP contribution in [-0.2, 0) is 4.79 Å². The fourth-order valence-electron chi connectivity index (χ4n) is 1.47. The van der Waals surface area contributed by atoms with Crippen molar-refractivity contribution in [2.24, 2.45) is 0 Å². The SMILES string of the molecule is O=C(Cl)C=Cc1ccc2ccccc2c1. The van der Waals surface area contributed by atoms with Crippen molar-refractivity contribution in [3.05, 3.63) is 54.1 Å². The first-order chi connectivity index (χ1) is 7.25. The van der Waals surface area contributed by atoms with Gasteiger partial charge in [0.05, 0.1) is 0 Å². The Balaban J connectivity index is 2.43. The Bertz CT molecular complexity index is 529. The average Bonchev–Trinajstić information content (AvgIpc) is 2.26. The van der Waals surface area contributed by atoms with Crippen molar-refractivity contribution in [2.45, 2.75) is 0 Å². The Morgan fingerprint density at radius 1 is 1.07 bits per heavy atom. The number of carbonyl (C=O) groups is 1. The minimum Gasteiger partial charge on any atom is -0.276 e. The van der Waals surface area contributed by atoms with Gasteiger partial charge in [-0.15, -0.1) is 0 Å². The van der Waals surface area contributed by atoms with Gasteiger partial charge in [-0.2, -0.15) is 0 Å². The molecule has 0 radical (unpaired) electrons. The van der Waals surface area contributed by atoms with Gasteiger partial charge in [-0.05, 0) is 40.1 Å². The molecule has 0 heterocycles. The standard InChI is InChI=1S/C13H9ClO/c14-13(15)8-6-10-5-7-11-3-1-2-4-12(11)9-10/h1-9H. The first-order valence-corrected chi connectivity index (χ1v) is 5.00. The predicted molar refractivity (Wildman–Crippen MR) is 63.8 cm³/mol. The van der Waals surface area contributed by atoms with Crippen LogP contribution < -0.4 is 0 Å². The van der Waals surface area contributed by atoms with Crippen LogP contribution in [0.5, 0.6) is 0 Å². The van der Waals surface area contributed by atoms with E-state index in [0.29, 0.717) is 0 Å². The van der Waals surface area contributed by atoms with Crippen LogP contribution in [0.4, 0.5) is 0 Å². The van der Waals surface area contributed by atoms with Gasteiger partial charge in [0.15, 0.2) is 0 Å². The van der Waals surface area contributed by atoms with Crippen LogP contribution in [0.2, 0.25) is 0 Å². The maximum absolute atomic E-state index is 10.6. The fourth-order valence-corrected chi connectivity index (χ4v) is 1.54. The summed E-state index contributed by atoms with van der Waals surface area (Å²) in [5.74, 6) is 0. The lowest BCUT2D eigenvalue weighted by molar-refractivity contribution is -0.107. The van der Waals surface area contributed by atoms with Crippen molar-refractivity contribution in [2.75, 3.05) is 0 Å². The van der Waals surface area contributed by atoms with E-state index in [4.69, 9.17) is 11.6 Å².